The monoisotopic (exact) mass is 383 g/mol. The summed E-state index contributed by atoms with van der Waals surface area (Å²) in [6.45, 7) is 3.81. The molecule has 0 spiro atoms. The highest BCUT2D eigenvalue weighted by atomic mass is 16.2. The van der Waals surface area contributed by atoms with Crippen molar-refractivity contribution in [3.05, 3.63) is 35.9 Å². The van der Waals surface area contributed by atoms with Gasteiger partial charge in [0.05, 0.1) is 19.6 Å². The fraction of sp³-hybridized carbons (Fsp3) is 0.421. The molecule has 3 heterocycles. The molecule has 0 aromatic heterocycles. The molecule has 2 atom stereocenters. The van der Waals surface area contributed by atoms with Gasteiger partial charge in [-0.15, -0.1) is 0 Å². The fourth-order valence-corrected chi connectivity index (χ4v) is 4.04. The molecule has 9 heteroatoms. The highest BCUT2D eigenvalue weighted by Crippen LogP contribution is 2.27. The molecule has 4 amide bonds. The van der Waals surface area contributed by atoms with Crippen molar-refractivity contribution in [2.24, 2.45) is 16.6 Å². The van der Waals surface area contributed by atoms with E-state index < -0.39 is 30.4 Å². The van der Waals surface area contributed by atoms with E-state index in [1.165, 1.54) is 4.90 Å². The lowest BCUT2D eigenvalue weighted by molar-refractivity contribution is -0.561. The van der Waals surface area contributed by atoms with Crippen LogP contribution in [0, 0.1) is 5.92 Å². The zero-order valence-corrected chi connectivity index (χ0v) is 15.9. The Kier molecular flexibility index (Phi) is 4.37. The summed E-state index contributed by atoms with van der Waals surface area (Å²) in [5, 5.41) is 0. The highest BCUT2D eigenvalue weighted by Gasteiger charge is 2.57. The summed E-state index contributed by atoms with van der Waals surface area (Å²) in [4.78, 5) is 45.8. The van der Waals surface area contributed by atoms with E-state index in [0.717, 1.165) is 17.0 Å². The van der Waals surface area contributed by atoms with E-state index in [1.54, 1.807) is 7.05 Å². The van der Waals surface area contributed by atoms with Crippen molar-refractivity contribution >= 4 is 29.6 Å². The Morgan fingerprint density at radius 2 is 2.00 bits per heavy atom. The summed E-state index contributed by atoms with van der Waals surface area (Å²) in [5.41, 5.74) is 6.38. The number of nitrogens with two attached hydrogens (primary N) is 1. The van der Waals surface area contributed by atoms with Gasteiger partial charge in [-0.3, -0.25) is 24.0 Å². The molecule has 28 heavy (non-hydrogen) atoms. The van der Waals surface area contributed by atoms with Crippen molar-refractivity contribution in [2.75, 3.05) is 26.7 Å². The quantitative estimate of drug-likeness (QED) is 0.719. The van der Waals surface area contributed by atoms with Crippen LogP contribution in [0.2, 0.25) is 0 Å². The Labute approximate surface area is 162 Å². The van der Waals surface area contributed by atoms with Gasteiger partial charge in [0.15, 0.2) is 0 Å². The molecule has 1 aromatic rings. The molecule has 3 aliphatic rings. The maximum absolute atomic E-state index is 13.0. The molecule has 2 unspecified atom stereocenters. The zero-order chi connectivity index (χ0) is 20.0. The molecule has 1 aromatic carbocycles. The number of fused-ring (bicyclic) bond motifs is 3. The molecule has 3 aliphatic heterocycles. The van der Waals surface area contributed by atoms with Crippen LogP contribution in [0.5, 0.6) is 0 Å². The standard InChI is InChI=1S/C19H22N6O3/c1-12-8-23(10-13-6-4-3-5-7-13)18-21-16-15(24(18)9-12)17(27)25(11-14(20)26)19(28)22(16)2/h3-7,12,15H,8-11H2,1-2H3,(H-,20,26)/p+1. The number of guanidine groups is 1. The normalized spacial score (nSPS) is 24.4. The Hall–Kier alpha value is -3.23. The van der Waals surface area contributed by atoms with Gasteiger partial charge in [0, 0.05) is 13.0 Å². The van der Waals surface area contributed by atoms with Gasteiger partial charge in [0.25, 0.3) is 5.91 Å². The lowest BCUT2D eigenvalue weighted by atomic mass is 10.1. The van der Waals surface area contributed by atoms with Crippen LogP contribution in [-0.4, -0.2) is 81.6 Å². The predicted octanol–water partition coefficient (Wildman–Crippen LogP) is -0.333. The van der Waals surface area contributed by atoms with Gasteiger partial charge in [-0.1, -0.05) is 42.2 Å². The summed E-state index contributed by atoms with van der Waals surface area (Å²) in [5.74, 6) is 0.218. The molecule has 2 N–H and O–H groups in total. The summed E-state index contributed by atoms with van der Waals surface area (Å²) < 4.78 is 2.14. The second kappa shape index (κ2) is 6.74. The topological polar surface area (TPSA) is 102 Å². The molecule has 146 valence electrons. The van der Waals surface area contributed by atoms with E-state index in [1.807, 2.05) is 23.1 Å². The van der Waals surface area contributed by atoms with Crippen molar-refractivity contribution in [3.63, 3.8) is 0 Å². The average Bonchev–Trinajstić information content (AvgIpc) is 3.04. The first-order chi connectivity index (χ1) is 13.4. The lowest BCUT2D eigenvalue weighted by Gasteiger charge is -2.36. The number of hydrogen-bond donors (Lipinski definition) is 1. The van der Waals surface area contributed by atoms with Gasteiger partial charge in [-0.25, -0.2) is 9.69 Å². The first-order valence-electron chi connectivity index (χ1n) is 9.25. The molecular weight excluding hydrogens is 360 g/mol. The Balaban J connectivity index is 1.73. The van der Waals surface area contributed by atoms with Crippen LogP contribution in [0.25, 0.3) is 0 Å². The van der Waals surface area contributed by atoms with E-state index in [-0.39, 0.29) is 0 Å². The van der Waals surface area contributed by atoms with Crippen molar-refractivity contribution in [1.82, 2.24) is 14.7 Å². The summed E-state index contributed by atoms with van der Waals surface area (Å²) in [6.07, 6.45) is 0. The number of likely N-dealkylation sites (N-methyl/N-ethyl adjacent to an activating group) is 1. The molecule has 0 aliphatic carbocycles. The first-order valence-corrected chi connectivity index (χ1v) is 9.25. The fourth-order valence-electron chi connectivity index (χ4n) is 4.04. The number of carbonyl (C=O) groups is 3. The van der Waals surface area contributed by atoms with Crippen molar-refractivity contribution in [2.45, 2.75) is 19.5 Å². The molecule has 0 saturated carbocycles. The molecule has 0 bridgehead atoms. The second-order valence-electron chi connectivity index (χ2n) is 7.53. The number of hydrogen-bond acceptors (Lipinski definition) is 5. The van der Waals surface area contributed by atoms with Gasteiger partial charge in [-0.05, 0) is 5.56 Å². The zero-order valence-electron chi connectivity index (χ0n) is 15.9. The van der Waals surface area contributed by atoms with Crippen molar-refractivity contribution in [3.8, 4) is 0 Å². The minimum atomic E-state index is -0.726. The predicted molar refractivity (Wildman–Crippen MR) is 101 cm³/mol. The van der Waals surface area contributed by atoms with E-state index in [2.05, 4.69) is 28.6 Å². The Morgan fingerprint density at radius 1 is 1.29 bits per heavy atom. The van der Waals surface area contributed by atoms with Crippen LogP contribution in [0.4, 0.5) is 4.79 Å². The Morgan fingerprint density at radius 3 is 2.68 bits per heavy atom. The van der Waals surface area contributed by atoms with Crippen molar-refractivity contribution < 1.29 is 19.0 Å². The number of rotatable bonds is 4. The number of urea groups is 1. The number of nitrogens with zero attached hydrogens (tertiary/aromatic N) is 5. The largest absolute Gasteiger partial charge is 0.392 e. The summed E-state index contributed by atoms with van der Waals surface area (Å²) >= 11 is 0. The van der Waals surface area contributed by atoms with Crippen LogP contribution in [0.1, 0.15) is 12.5 Å². The summed E-state index contributed by atoms with van der Waals surface area (Å²) in [6, 6.07) is 8.76. The molecular formula is C19H23N6O3+. The third-order valence-electron chi connectivity index (χ3n) is 5.24. The number of amidine groups is 1. The number of aliphatic imine (C=N–C) groups is 1. The lowest BCUT2D eigenvalue weighted by Crippen LogP contribution is -2.65. The van der Waals surface area contributed by atoms with Gasteiger partial charge < -0.3 is 5.73 Å². The second-order valence-corrected chi connectivity index (χ2v) is 7.53. The highest BCUT2D eigenvalue weighted by molar-refractivity contribution is 6.26. The van der Waals surface area contributed by atoms with Crippen LogP contribution in [0.3, 0.4) is 0 Å². The van der Waals surface area contributed by atoms with Gasteiger partial charge in [0.2, 0.25) is 17.8 Å². The SMILES string of the molecule is CC1CN2C(=[N+](Cc3ccccc3)C1)N=C1C2C(=O)N(CC(N)=O)C(=O)N1C. The van der Waals surface area contributed by atoms with E-state index in [4.69, 9.17) is 5.73 Å². The van der Waals surface area contributed by atoms with Crippen LogP contribution >= 0.6 is 0 Å². The smallest absolute Gasteiger partial charge is 0.368 e. The molecule has 9 nitrogen and oxygen atoms in total. The molecule has 1 fully saturated rings. The van der Waals surface area contributed by atoms with E-state index in [9.17, 15) is 14.4 Å². The minimum Gasteiger partial charge on any atom is -0.368 e. The molecule has 4 rings (SSSR count). The van der Waals surface area contributed by atoms with E-state index in [0.29, 0.717) is 30.8 Å². The maximum atomic E-state index is 13.0. The van der Waals surface area contributed by atoms with Crippen molar-refractivity contribution in [1.29, 1.82) is 0 Å². The van der Waals surface area contributed by atoms with Gasteiger partial charge in [0.1, 0.15) is 6.54 Å². The third kappa shape index (κ3) is 2.92. The van der Waals surface area contributed by atoms with Gasteiger partial charge >= 0.3 is 12.0 Å². The Bertz CT molecular complexity index is 910. The van der Waals surface area contributed by atoms with Crippen LogP contribution in [-0.2, 0) is 16.1 Å². The third-order valence-corrected chi connectivity index (χ3v) is 5.24. The number of amides is 4. The number of carbonyl (C=O) groups excluding carboxylic acids is 3. The molecule has 0 radical (unpaired) electrons. The van der Waals surface area contributed by atoms with Crippen LogP contribution < -0.4 is 5.73 Å². The van der Waals surface area contributed by atoms with Gasteiger partial charge in [-0.2, -0.15) is 0 Å². The number of benzene rings is 1. The number of imide groups is 1. The minimum absolute atomic E-state index is 0.308. The maximum Gasteiger partial charge on any atom is 0.392 e. The summed E-state index contributed by atoms with van der Waals surface area (Å²) in [7, 11) is 1.57. The average molecular weight is 383 g/mol. The first kappa shape index (κ1) is 18.1. The molecule has 1 saturated heterocycles. The van der Waals surface area contributed by atoms with E-state index >= 15 is 0 Å². The number of primary amides is 1. The van der Waals surface area contributed by atoms with Crippen LogP contribution in [0.15, 0.2) is 35.3 Å².